The van der Waals surface area contributed by atoms with E-state index in [0.717, 1.165) is 58.5 Å². The smallest absolute Gasteiger partial charge is 0.221 e. The van der Waals surface area contributed by atoms with E-state index in [-0.39, 0.29) is 5.91 Å². The van der Waals surface area contributed by atoms with Crippen molar-refractivity contribution < 1.29 is 4.79 Å². The summed E-state index contributed by atoms with van der Waals surface area (Å²) in [6.45, 7) is 8.32. The van der Waals surface area contributed by atoms with Crippen molar-refractivity contribution in [3.8, 4) is 0 Å². The highest BCUT2D eigenvalue weighted by Crippen LogP contribution is 2.12. The molecule has 1 unspecified atom stereocenters. The van der Waals surface area contributed by atoms with E-state index in [1.54, 1.807) is 0 Å². The number of rotatable bonds is 9. The summed E-state index contributed by atoms with van der Waals surface area (Å²) in [7, 11) is 0. The quantitative estimate of drug-likeness (QED) is 0.448. The minimum Gasteiger partial charge on any atom is -0.356 e. The normalized spacial score (nSPS) is 21.8. The molecule has 5 nitrogen and oxygen atoms in total. The average molecular weight is 397 g/mol. The van der Waals surface area contributed by atoms with E-state index in [0.29, 0.717) is 12.5 Å². The lowest BCUT2D eigenvalue weighted by molar-refractivity contribution is -0.121. The summed E-state index contributed by atoms with van der Waals surface area (Å²) in [6, 6.07) is 0.328. The molecular formula is C23H48N4O. The minimum atomic E-state index is 0.208. The van der Waals surface area contributed by atoms with Crippen LogP contribution in [-0.4, -0.2) is 51.2 Å². The van der Waals surface area contributed by atoms with Crippen LogP contribution in [0, 0.1) is 0 Å². The van der Waals surface area contributed by atoms with Gasteiger partial charge in [0.2, 0.25) is 5.91 Å². The first-order valence-corrected chi connectivity index (χ1v) is 12.2. The van der Waals surface area contributed by atoms with Crippen molar-refractivity contribution in [1.82, 2.24) is 21.3 Å². The van der Waals surface area contributed by atoms with Crippen molar-refractivity contribution in [2.45, 2.75) is 103 Å². The molecule has 1 heterocycles. The van der Waals surface area contributed by atoms with Gasteiger partial charge in [-0.1, -0.05) is 58.3 Å². The molecule has 0 radical (unpaired) electrons. The monoisotopic (exact) mass is 396 g/mol. The maximum Gasteiger partial charge on any atom is 0.221 e. The Morgan fingerprint density at radius 1 is 0.714 bits per heavy atom. The molecule has 166 valence electrons. The maximum atomic E-state index is 12.3. The predicted octanol–water partition coefficient (Wildman–Crippen LogP) is 3.73. The third kappa shape index (κ3) is 16.3. The fourth-order valence-corrected chi connectivity index (χ4v) is 3.81. The first-order valence-electron chi connectivity index (χ1n) is 12.2. The van der Waals surface area contributed by atoms with Crippen molar-refractivity contribution in [3.05, 3.63) is 0 Å². The standard InChI is InChI=1S/C23H48N4O/c1-2-3-4-5-6-7-8-9-14-22-21-23(28)27-20-13-18-25-16-11-10-15-24-17-12-19-26-22/h22,24-26H,2-21H2,1H3,(H,27,28). The molecule has 1 aliphatic heterocycles. The Balaban J connectivity index is 2.24. The SMILES string of the molecule is CCCCCCCCCCC1CC(=O)NCCCNCCCCNCCCN1. The molecule has 1 fully saturated rings. The van der Waals surface area contributed by atoms with E-state index in [1.807, 2.05) is 0 Å². The second kappa shape index (κ2) is 19.7. The number of unbranched alkanes of at least 4 members (excludes halogenated alkanes) is 7. The lowest BCUT2D eigenvalue weighted by Gasteiger charge is -2.19. The second-order valence-electron chi connectivity index (χ2n) is 8.38. The number of amides is 1. The first-order chi connectivity index (χ1) is 13.8. The van der Waals surface area contributed by atoms with Crippen LogP contribution in [0.25, 0.3) is 0 Å². The summed E-state index contributed by atoms with van der Waals surface area (Å²) in [5.41, 5.74) is 0. The summed E-state index contributed by atoms with van der Waals surface area (Å²) < 4.78 is 0. The Morgan fingerprint density at radius 3 is 1.96 bits per heavy atom. The van der Waals surface area contributed by atoms with Crippen LogP contribution in [0.1, 0.15) is 96.8 Å². The number of carbonyl (C=O) groups excluding carboxylic acids is 1. The third-order valence-electron chi connectivity index (χ3n) is 5.61. The van der Waals surface area contributed by atoms with Gasteiger partial charge < -0.3 is 21.3 Å². The van der Waals surface area contributed by atoms with Gasteiger partial charge in [-0.15, -0.1) is 0 Å². The van der Waals surface area contributed by atoms with Gasteiger partial charge in [-0.05, 0) is 64.8 Å². The van der Waals surface area contributed by atoms with Gasteiger partial charge in [-0.2, -0.15) is 0 Å². The van der Waals surface area contributed by atoms with Gasteiger partial charge in [0.05, 0.1) is 0 Å². The van der Waals surface area contributed by atoms with E-state index in [9.17, 15) is 4.79 Å². The van der Waals surface area contributed by atoms with Gasteiger partial charge >= 0.3 is 0 Å². The van der Waals surface area contributed by atoms with Crippen LogP contribution in [0.5, 0.6) is 0 Å². The van der Waals surface area contributed by atoms with Crippen LogP contribution >= 0.6 is 0 Å². The summed E-state index contributed by atoms with van der Waals surface area (Å²) in [4.78, 5) is 12.3. The number of hydrogen-bond donors (Lipinski definition) is 4. The summed E-state index contributed by atoms with van der Waals surface area (Å²) in [5.74, 6) is 0.208. The molecule has 1 rings (SSSR count). The molecule has 0 spiro atoms. The molecule has 0 aliphatic carbocycles. The van der Waals surface area contributed by atoms with Crippen LogP contribution < -0.4 is 21.3 Å². The summed E-state index contributed by atoms with van der Waals surface area (Å²) in [6.07, 6.45) is 17.1. The zero-order valence-corrected chi connectivity index (χ0v) is 18.6. The van der Waals surface area contributed by atoms with Crippen molar-refractivity contribution in [3.63, 3.8) is 0 Å². The molecule has 1 aliphatic rings. The lowest BCUT2D eigenvalue weighted by atomic mass is 10.0. The maximum absolute atomic E-state index is 12.3. The molecule has 0 saturated carbocycles. The molecule has 1 amide bonds. The fourth-order valence-electron chi connectivity index (χ4n) is 3.81. The highest BCUT2D eigenvalue weighted by molar-refractivity contribution is 5.76. The molecule has 28 heavy (non-hydrogen) atoms. The fraction of sp³-hybridized carbons (Fsp3) is 0.957. The van der Waals surface area contributed by atoms with Crippen LogP contribution in [-0.2, 0) is 4.79 Å². The topological polar surface area (TPSA) is 65.2 Å². The predicted molar refractivity (Wildman–Crippen MR) is 121 cm³/mol. The highest BCUT2D eigenvalue weighted by Gasteiger charge is 2.13. The van der Waals surface area contributed by atoms with Gasteiger partial charge in [0.15, 0.2) is 0 Å². The third-order valence-corrected chi connectivity index (χ3v) is 5.61. The lowest BCUT2D eigenvalue weighted by Crippen LogP contribution is -2.37. The Morgan fingerprint density at radius 2 is 1.29 bits per heavy atom. The average Bonchev–Trinajstić information content (AvgIpc) is 2.69. The van der Waals surface area contributed by atoms with Gasteiger partial charge in [0, 0.05) is 19.0 Å². The largest absolute Gasteiger partial charge is 0.356 e. The van der Waals surface area contributed by atoms with E-state index >= 15 is 0 Å². The second-order valence-corrected chi connectivity index (χ2v) is 8.38. The summed E-state index contributed by atoms with van der Waals surface area (Å²) in [5, 5.41) is 13.8. The number of hydrogen-bond acceptors (Lipinski definition) is 4. The zero-order valence-electron chi connectivity index (χ0n) is 18.6. The summed E-state index contributed by atoms with van der Waals surface area (Å²) >= 11 is 0. The zero-order chi connectivity index (χ0) is 20.1. The van der Waals surface area contributed by atoms with Gasteiger partial charge in [-0.25, -0.2) is 0 Å². The number of carbonyl (C=O) groups is 1. The van der Waals surface area contributed by atoms with Crippen molar-refractivity contribution in [2.75, 3.05) is 39.3 Å². The van der Waals surface area contributed by atoms with E-state index in [2.05, 4.69) is 28.2 Å². The van der Waals surface area contributed by atoms with E-state index < -0.39 is 0 Å². The molecule has 1 atom stereocenters. The van der Waals surface area contributed by atoms with E-state index in [4.69, 9.17) is 0 Å². The molecule has 1 saturated heterocycles. The molecule has 0 aromatic heterocycles. The Kier molecular flexibility index (Phi) is 17.8. The Labute approximate surface area is 174 Å². The number of nitrogens with one attached hydrogen (secondary N) is 4. The van der Waals surface area contributed by atoms with Crippen molar-refractivity contribution in [2.24, 2.45) is 0 Å². The van der Waals surface area contributed by atoms with Crippen LogP contribution in [0.4, 0.5) is 0 Å². The molecule has 5 heteroatoms. The molecule has 0 bridgehead atoms. The van der Waals surface area contributed by atoms with E-state index in [1.165, 1.54) is 64.2 Å². The molecule has 4 N–H and O–H groups in total. The Bertz CT molecular complexity index is 351. The van der Waals surface area contributed by atoms with Crippen molar-refractivity contribution >= 4 is 5.91 Å². The van der Waals surface area contributed by atoms with Crippen LogP contribution in [0.15, 0.2) is 0 Å². The van der Waals surface area contributed by atoms with Gasteiger partial charge in [0.1, 0.15) is 0 Å². The minimum absolute atomic E-state index is 0.208. The van der Waals surface area contributed by atoms with Crippen LogP contribution in [0.2, 0.25) is 0 Å². The first kappa shape index (κ1) is 25.4. The van der Waals surface area contributed by atoms with Gasteiger partial charge in [-0.3, -0.25) is 4.79 Å². The molecular weight excluding hydrogens is 348 g/mol. The van der Waals surface area contributed by atoms with Crippen LogP contribution in [0.3, 0.4) is 0 Å². The van der Waals surface area contributed by atoms with Gasteiger partial charge in [0.25, 0.3) is 0 Å². The van der Waals surface area contributed by atoms with Crippen molar-refractivity contribution in [1.29, 1.82) is 0 Å². The molecule has 0 aromatic rings. The molecule has 0 aromatic carbocycles. The highest BCUT2D eigenvalue weighted by atomic mass is 16.1. The Hall–Kier alpha value is -0.650.